The molecule has 2 rings (SSSR count). The van der Waals surface area contributed by atoms with Crippen LogP contribution in [-0.2, 0) is 4.79 Å². The van der Waals surface area contributed by atoms with Gasteiger partial charge in [0, 0.05) is 17.8 Å². The molecule has 1 aliphatic rings. The minimum absolute atomic E-state index is 0.0270. The van der Waals surface area contributed by atoms with Crippen LogP contribution in [0.1, 0.15) is 37.3 Å². The zero-order valence-corrected chi connectivity index (χ0v) is 12.6. The Morgan fingerprint density at radius 1 is 1.45 bits per heavy atom. The molecule has 0 unspecified atom stereocenters. The maximum Gasteiger partial charge on any atom is 0.358 e. The molecule has 1 N–H and O–H groups in total. The van der Waals surface area contributed by atoms with Crippen molar-refractivity contribution in [3.63, 3.8) is 0 Å². The van der Waals surface area contributed by atoms with Gasteiger partial charge in [-0.15, -0.1) is 16.9 Å². The molecule has 1 aromatic heterocycles. The van der Waals surface area contributed by atoms with Crippen LogP contribution >= 0.6 is 11.8 Å². The molecule has 0 atom stereocenters. The van der Waals surface area contributed by atoms with Gasteiger partial charge in [-0.1, -0.05) is 26.0 Å². The first kappa shape index (κ1) is 14.8. The van der Waals surface area contributed by atoms with Crippen LogP contribution in [0, 0.1) is 0 Å². The Bertz CT molecular complexity index is 517. The third kappa shape index (κ3) is 3.50. The number of aromatic carboxylic acids is 1. The molecule has 0 saturated carbocycles. The quantitative estimate of drug-likeness (QED) is 0.888. The van der Waals surface area contributed by atoms with E-state index in [0.29, 0.717) is 18.8 Å². The van der Waals surface area contributed by atoms with E-state index in [0.717, 1.165) is 0 Å². The Morgan fingerprint density at radius 2 is 2.10 bits per heavy atom. The fourth-order valence-electron chi connectivity index (χ4n) is 1.75. The fraction of sp³-hybridized carbons (Fsp3) is 0.667. The Morgan fingerprint density at radius 3 is 2.60 bits per heavy atom. The summed E-state index contributed by atoms with van der Waals surface area (Å²) in [4.78, 5) is 24.4. The van der Waals surface area contributed by atoms with Crippen LogP contribution in [0.3, 0.4) is 0 Å². The number of carboxylic acid groups (broad SMARTS) is 1. The summed E-state index contributed by atoms with van der Waals surface area (Å²) >= 11 is 1.62. The zero-order valence-electron chi connectivity index (χ0n) is 11.7. The van der Waals surface area contributed by atoms with Crippen LogP contribution in [0.4, 0.5) is 0 Å². The molecule has 20 heavy (non-hydrogen) atoms. The highest BCUT2D eigenvalue weighted by Gasteiger charge is 2.33. The molecule has 0 bridgehead atoms. The lowest BCUT2D eigenvalue weighted by atomic mass is 10.1. The molecular weight excluding hydrogens is 280 g/mol. The van der Waals surface area contributed by atoms with Crippen molar-refractivity contribution in [2.24, 2.45) is 0 Å². The fourth-order valence-corrected chi connectivity index (χ4v) is 2.49. The van der Waals surface area contributed by atoms with Gasteiger partial charge in [-0.3, -0.25) is 4.79 Å². The molecule has 0 radical (unpaired) electrons. The van der Waals surface area contributed by atoms with Crippen molar-refractivity contribution in [3.05, 3.63) is 11.9 Å². The van der Waals surface area contributed by atoms with Crippen LogP contribution < -0.4 is 0 Å². The van der Waals surface area contributed by atoms with E-state index in [1.54, 1.807) is 16.7 Å². The Labute approximate surface area is 121 Å². The summed E-state index contributed by atoms with van der Waals surface area (Å²) in [6.45, 7) is 7.35. The minimum atomic E-state index is -1.09. The van der Waals surface area contributed by atoms with Crippen molar-refractivity contribution in [2.45, 2.75) is 31.6 Å². The first-order valence-corrected chi connectivity index (χ1v) is 7.32. The Hall–Kier alpha value is -1.57. The van der Waals surface area contributed by atoms with Crippen LogP contribution in [-0.4, -0.2) is 60.5 Å². The maximum absolute atomic E-state index is 11.9. The summed E-state index contributed by atoms with van der Waals surface area (Å²) < 4.78 is 1.59. The van der Waals surface area contributed by atoms with Gasteiger partial charge in [0.05, 0.1) is 18.0 Å². The van der Waals surface area contributed by atoms with Crippen molar-refractivity contribution >= 4 is 23.6 Å². The lowest BCUT2D eigenvalue weighted by Crippen LogP contribution is -2.51. The highest BCUT2D eigenvalue weighted by Crippen LogP contribution is 2.26. The number of hydrogen-bond acceptors (Lipinski definition) is 5. The normalized spacial score (nSPS) is 16.1. The molecule has 1 saturated heterocycles. The van der Waals surface area contributed by atoms with Gasteiger partial charge in [-0.25, -0.2) is 9.48 Å². The second kappa shape index (κ2) is 5.43. The summed E-state index contributed by atoms with van der Waals surface area (Å²) in [5.41, 5.74) is -0.0712. The summed E-state index contributed by atoms with van der Waals surface area (Å²) in [5, 5.41) is 16.1. The predicted molar refractivity (Wildman–Crippen MR) is 74.8 cm³/mol. The molecule has 7 nitrogen and oxygen atoms in total. The maximum atomic E-state index is 11.9. The van der Waals surface area contributed by atoms with Crippen molar-refractivity contribution in [2.75, 3.05) is 18.8 Å². The number of rotatable bonds is 4. The van der Waals surface area contributed by atoms with Gasteiger partial charge < -0.3 is 10.0 Å². The highest BCUT2D eigenvalue weighted by atomic mass is 32.2. The summed E-state index contributed by atoms with van der Waals surface area (Å²) in [6, 6.07) is 0.0270. The smallest absolute Gasteiger partial charge is 0.358 e. The van der Waals surface area contributed by atoms with E-state index < -0.39 is 5.97 Å². The van der Waals surface area contributed by atoms with Crippen molar-refractivity contribution in [1.29, 1.82) is 0 Å². The standard InChI is InChI=1S/C12H18N4O3S/c1-12(2,3)20-7-10(17)15-4-8(5-15)16-6-9(11(18)19)13-14-16/h6,8H,4-5,7H2,1-3H3,(H,18,19). The molecule has 1 aliphatic heterocycles. The number of amides is 1. The van der Waals surface area contributed by atoms with E-state index in [1.807, 2.05) is 0 Å². The molecule has 0 spiro atoms. The van der Waals surface area contributed by atoms with E-state index in [9.17, 15) is 9.59 Å². The third-order valence-electron chi connectivity index (χ3n) is 2.95. The molecule has 110 valence electrons. The van der Waals surface area contributed by atoms with Crippen LogP contribution in [0.5, 0.6) is 0 Å². The molecular formula is C12H18N4O3S. The summed E-state index contributed by atoms with van der Waals surface area (Å²) in [5.74, 6) is -0.515. The number of aromatic nitrogens is 3. The lowest BCUT2D eigenvalue weighted by Gasteiger charge is -2.39. The number of likely N-dealkylation sites (tertiary alicyclic amines) is 1. The van der Waals surface area contributed by atoms with Gasteiger partial charge >= 0.3 is 5.97 Å². The molecule has 0 aliphatic carbocycles. The van der Waals surface area contributed by atoms with E-state index in [-0.39, 0.29) is 22.4 Å². The lowest BCUT2D eigenvalue weighted by molar-refractivity contribution is -0.134. The van der Waals surface area contributed by atoms with Crippen molar-refractivity contribution in [1.82, 2.24) is 19.9 Å². The molecule has 1 amide bonds. The van der Waals surface area contributed by atoms with Gasteiger partial charge in [0.1, 0.15) is 0 Å². The third-order valence-corrected chi connectivity index (χ3v) is 4.20. The number of hydrogen-bond donors (Lipinski definition) is 1. The minimum Gasteiger partial charge on any atom is -0.476 e. The van der Waals surface area contributed by atoms with Crippen LogP contribution in [0.25, 0.3) is 0 Å². The van der Waals surface area contributed by atoms with Gasteiger partial charge in [-0.05, 0) is 0 Å². The Kier molecular flexibility index (Phi) is 4.03. The van der Waals surface area contributed by atoms with E-state index in [2.05, 4.69) is 31.1 Å². The number of thioether (sulfide) groups is 1. The van der Waals surface area contributed by atoms with Crippen LogP contribution in [0.15, 0.2) is 6.20 Å². The average molecular weight is 298 g/mol. The average Bonchev–Trinajstić information content (AvgIpc) is 2.72. The Balaban J connectivity index is 1.81. The summed E-state index contributed by atoms with van der Waals surface area (Å²) in [7, 11) is 0. The van der Waals surface area contributed by atoms with Gasteiger partial charge in [0.2, 0.25) is 5.91 Å². The molecule has 0 aromatic carbocycles. The number of carbonyl (C=O) groups is 2. The van der Waals surface area contributed by atoms with Gasteiger partial charge in [0.25, 0.3) is 0 Å². The zero-order chi connectivity index (χ0) is 14.9. The summed E-state index contributed by atoms with van der Waals surface area (Å²) in [6.07, 6.45) is 1.40. The number of nitrogens with zero attached hydrogens (tertiary/aromatic N) is 4. The topological polar surface area (TPSA) is 88.3 Å². The first-order chi connectivity index (χ1) is 9.26. The second-order valence-electron chi connectivity index (χ2n) is 5.74. The molecule has 1 fully saturated rings. The van der Waals surface area contributed by atoms with E-state index in [1.165, 1.54) is 10.9 Å². The van der Waals surface area contributed by atoms with Gasteiger partial charge in [0.15, 0.2) is 5.69 Å². The first-order valence-electron chi connectivity index (χ1n) is 6.33. The van der Waals surface area contributed by atoms with Crippen molar-refractivity contribution in [3.8, 4) is 0 Å². The number of carbonyl (C=O) groups excluding carboxylic acids is 1. The van der Waals surface area contributed by atoms with E-state index in [4.69, 9.17) is 5.11 Å². The van der Waals surface area contributed by atoms with E-state index >= 15 is 0 Å². The largest absolute Gasteiger partial charge is 0.476 e. The molecule has 1 aromatic rings. The SMILES string of the molecule is CC(C)(C)SCC(=O)N1CC(n2cc(C(=O)O)nn2)C1. The monoisotopic (exact) mass is 298 g/mol. The number of carboxylic acids is 1. The van der Waals surface area contributed by atoms with Crippen molar-refractivity contribution < 1.29 is 14.7 Å². The molecule has 2 heterocycles. The van der Waals surface area contributed by atoms with Gasteiger partial charge in [-0.2, -0.15) is 0 Å². The molecule has 8 heteroatoms. The predicted octanol–water partition coefficient (Wildman–Crippen LogP) is 0.891. The highest BCUT2D eigenvalue weighted by molar-refractivity contribution is 8.01. The van der Waals surface area contributed by atoms with Crippen LogP contribution in [0.2, 0.25) is 0 Å². The second-order valence-corrected chi connectivity index (χ2v) is 7.54.